The molecule has 46 valence electrons. The van der Waals surface area contributed by atoms with E-state index in [9.17, 15) is 0 Å². The summed E-state index contributed by atoms with van der Waals surface area (Å²) in [5.74, 6) is 3.41. The maximum Gasteiger partial charge on any atom is -0.0360 e. The van der Waals surface area contributed by atoms with Crippen LogP contribution in [0.3, 0.4) is 0 Å². The topological polar surface area (TPSA) is 0 Å². The van der Waals surface area contributed by atoms with Crippen molar-refractivity contribution in [3.63, 3.8) is 0 Å². The van der Waals surface area contributed by atoms with Gasteiger partial charge in [-0.15, -0.1) is 0 Å². The van der Waals surface area contributed by atoms with Crippen LogP contribution in [0, 0.1) is 17.8 Å². The van der Waals surface area contributed by atoms with Crippen LogP contribution in [0.4, 0.5) is 0 Å². The van der Waals surface area contributed by atoms with Gasteiger partial charge in [0.1, 0.15) is 0 Å². The van der Waals surface area contributed by atoms with Gasteiger partial charge in [-0.2, -0.15) is 0 Å². The average Bonchev–Trinajstić information content (AvgIpc) is 1.80. The molecule has 0 nitrogen and oxygen atoms in total. The lowest BCUT2D eigenvalue weighted by Gasteiger charge is -2.32. The SMILES string of the molecule is C[C@@H]1CC[C@@H]2CC[C@@H]21. The molecule has 2 rings (SSSR count). The third-order valence-corrected chi connectivity index (χ3v) is 3.20. The highest BCUT2D eigenvalue weighted by Crippen LogP contribution is 2.49. The van der Waals surface area contributed by atoms with Crippen LogP contribution in [0.5, 0.6) is 0 Å². The maximum absolute atomic E-state index is 2.42. The molecule has 0 aliphatic heterocycles. The molecule has 0 radical (unpaired) electrons. The molecule has 3 atom stereocenters. The third kappa shape index (κ3) is 0.463. The van der Waals surface area contributed by atoms with E-state index in [1.54, 1.807) is 19.3 Å². The van der Waals surface area contributed by atoms with E-state index in [0.717, 1.165) is 11.8 Å². The van der Waals surface area contributed by atoms with Gasteiger partial charge < -0.3 is 0 Å². The zero-order valence-corrected chi connectivity index (χ0v) is 5.56. The largest absolute Gasteiger partial charge is 0.0622 e. The van der Waals surface area contributed by atoms with Crippen molar-refractivity contribution in [3.8, 4) is 0 Å². The van der Waals surface area contributed by atoms with Crippen LogP contribution in [0.2, 0.25) is 0 Å². The third-order valence-electron chi connectivity index (χ3n) is 3.20. The standard InChI is InChI=1S/C8H14/c1-6-2-3-7-4-5-8(6)7/h6-8H,2-5H2,1H3/t6-,7-,8-/m1/s1. The molecule has 2 saturated carbocycles. The molecule has 0 aromatic rings. The Kier molecular flexibility index (Phi) is 0.902. The highest BCUT2D eigenvalue weighted by molar-refractivity contribution is 4.89. The molecule has 2 aliphatic carbocycles. The fourth-order valence-corrected chi connectivity index (χ4v) is 2.39. The number of hydrogen-bond donors (Lipinski definition) is 0. The van der Waals surface area contributed by atoms with E-state index in [1.807, 2.05) is 0 Å². The van der Waals surface area contributed by atoms with E-state index in [-0.39, 0.29) is 0 Å². The second-order valence-electron chi connectivity index (χ2n) is 3.56. The molecule has 2 fully saturated rings. The van der Waals surface area contributed by atoms with Crippen LogP contribution in [-0.4, -0.2) is 0 Å². The number of hydrogen-bond acceptors (Lipinski definition) is 0. The fraction of sp³-hybridized carbons (Fsp3) is 1.00. The van der Waals surface area contributed by atoms with Crippen LogP contribution in [0.15, 0.2) is 0 Å². The molecule has 0 spiro atoms. The zero-order chi connectivity index (χ0) is 5.56. The summed E-state index contributed by atoms with van der Waals surface area (Å²) in [6, 6.07) is 0. The first-order valence-electron chi connectivity index (χ1n) is 3.88. The number of rotatable bonds is 0. The van der Waals surface area contributed by atoms with Gasteiger partial charge in [-0.25, -0.2) is 0 Å². The van der Waals surface area contributed by atoms with E-state index < -0.39 is 0 Å². The molecule has 0 saturated heterocycles. The lowest BCUT2D eigenvalue weighted by Crippen LogP contribution is -2.23. The summed E-state index contributed by atoms with van der Waals surface area (Å²) in [4.78, 5) is 0. The van der Waals surface area contributed by atoms with E-state index in [4.69, 9.17) is 0 Å². The zero-order valence-electron chi connectivity index (χ0n) is 5.56. The van der Waals surface area contributed by atoms with Crippen LogP contribution in [0.1, 0.15) is 32.6 Å². The number of fused-ring (bicyclic) bond motifs is 1. The monoisotopic (exact) mass is 110 g/mol. The van der Waals surface area contributed by atoms with Crippen LogP contribution in [0.25, 0.3) is 0 Å². The second kappa shape index (κ2) is 1.49. The van der Waals surface area contributed by atoms with Gasteiger partial charge in [-0.05, 0) is 37.0 Å². The lowest BCUT2D eigenvalue weighted by molar-refractivity contribution is 0.180. The van der Waals surface area contributed by atoms with Crippen molar-refractivity contribution < 1.29 is 0 Å². The van der Waals surface area contributed by atoms with Gasteiger partial charge >= 0.3 is 0 Å². The van der Waals surface area contributed by atoms with Gasteiger partial charge in [0.2, 0.25) is 0 Å². The quantitative estimate of drug-likeness (QED) is 0.449. The van der Waals surface area contributed by atoms with Gasteiger partial charge in [0, 0.05) is 0 Å². The van der Waals surface area contributed by atoms with Crippen LogP contribution >= 0.6 is 0 Å². The van der Waals surface area contributed by atoms with Crippen LogP contribution in [-0.2, 0) is 0 Å². The molecular weight excluding hydrogens is 96.1 g/mol. The van der Waals surface area contributed by atoms with Gasteiger partial charge in [-0.3, -0.25) is 0 Å². The molecule has 0 aromatic heterocycles. The molecule has 8 heavy (non-hydrogen) atoms. The van der Waals surface area contributed by atoms with Gasteiger partial charge in [0.15, 0.2) is 0 Å². The van der Waals surface area contributed by atoms with Crippen molar-refractivity contribution in [1.82, 2.24) is 0 Å². The first kappa shape index (κ1) is 4.84. The molecule has 2 aliphatic rings. The second-order valence-corrected chi connectivity index (χ2v) is 3.56. The predicted octanol–water partition coefficient (Wildman–Crippen LogP) is 2.44. The van der Waals surface area contributed by atoms with Gasteiger partial charge in [-0.1, -0.05) is 13.3 Å². The summed E-state index contributed by atoms with van der Waals surface area (Å²) in [6.07, 6.45) is 6.17. The first-order valence-corrected chi connectivity index (χ1v) is 3.88. The molecule has 0 amide bonds. The minimum Gasteiger partial charge on any atom is -0.0622 e. The van der Waals surface area contributed by atoms with E-state index in [0.29, 0.717) is 0 Å². The minimum atomic E-state index is 1.08. The highest BCUT2D eigenvalue weighted by atomic mass is 14.4. The predicted molar refractivity (Wildman–Crippen MR) is 34.6 cm³/mol. The summed E-state index contributed by atoms with van der Waals surface area (Å²) in [7, 11) is 0. The van der Waals surface area contributed by atoms with E-state index in [2.05, 4.69) is 6.92 Å². The Bertz CT molecular complexity index is 90.2. The molecule has 0 bridgehead atoms. The maximum atomic E-state index is 2.42. The normalized spacial score (nSPS) is 52.9. The Labute approximate surface area is 51.3 Å². The van der Waals surface area contributed by atoms with Crippen LogP contribution < -0.4 is 0 Å². The Morgan fingerprint density at radius 2 is 1.75 bits per heavy atom. The highest BCUT2D eigenvalue weighted by Gasteiger charge is 2.39. The smallest absolute Gasteiger partial charge is 0.0360 e. The molecule has 0 heteroatoms. The van der Waals surface area contributed by atoms with Gasteiger partial charge in [0.25, 0.3) is 0 Å². The van der Waals surface area contributed by atoms with Crippen molar-refractivity contribution in [3.05, 3.63) is 0 Å². The molecule has 0 aromatic carbocycles. The molecule has 0 unspecified atom stereocenters. The summed E-state index contributed by atoms with van der Waals surface area (Å²) in [5.41, 5.74) is 0. The molecule has 0 N–H and O–H groups in total. The van der Waals surface area contributed by atoms with Crippen molar-refractivity contribution >= 4 is 0 Å². The Balaban J connectivity index is 2.05. The summed E-state index contributed by atoms with van der Waals surface area (Å²) >= 11 is 0. The van der Waals surface area contributed by atoms with Crippen molar-refractivity contribution in [2.45, 2.75) is 32.6 Å². The minimum absolute atomic E-state index is 1.08. The lowest BCUT2D eigenvalue weighted by atomic mass is 9.73. The Morgan fingerprint density at radius 3 is 2.00 bits per heavy atom. The van der Waals surface area contributed by atoms with Crippen molar-refractivity contribution in [1.29, 1.82) is 0 Å². The average molecular weight is 110 g/mol. The fourth-order valence-electron chi connectivity index (χ4n) is 2.39. The Hall–Kier alpha value is 0. The first-order chi connectivity index (χ1) is 3.88. The molecule has 0 heterocycles. The summed E-state index contributed by atoms with van der Waals surface area (Å²) < 4.78 is 0. The van der Waals surface area contributed by atoms with Crippen molar-refractivity contribution in [2.75, 3.05) is 0 Å². The van der Waals surface area contributed by atoms with E-state index in [1.165, 1.54) is 12.3 Å². The summed E-state index contributed by atoms with van der Waals surface area (Å²) in [5, 5.41) is 0. The Morgan fingerprint density at radius 1 is 1.00 bits per heavy atom. The van der Waals surface area contributed by atoms with Gasteiger partial charge in [0.05, 0.1) is 0 Å². The van der Waals surface area contributed by atoms with E-state index >= 15 is 0 Å². The molecular formula is C8H14. The van der Waals surface area contributed by atoms with Crippen molar-refractivity contribution in [2.24, 2.45) is 17.8 Å². The summed E-state index contributed by atoms with van der Waals surface area (Å²) in [6.45, 7) is 2.42.